The normalized spacial score (nSPS) is 11.7. The predicted octanol–water partition coefficient (Wildman–Crippen LogP) is 3.56. The summed E-state index contributed by atoms with van der Waals surface area (Å²) in [5, 5.41) is 12.3. The lowest BCUT2D eigenvalue weighted by molar-refractivity contribution is -0.146. The quantitative estimate of drug-likeness (QED) is 0.918. The molecule has 1 N–H and O–H groups in total. The smallest absolute Gasteiger partial charge is 0.309 e. The molecule has 0 bridgehead atoms. The maximum Gasteiger partial charge on any atom is 0.309 e. The molecule has 0 aliphatic rings. The molecule has 0 saturated heterocycles. The largest absolute Gasteiger partial charge is 0.495 e. The summed E-state index contributed by atoms with van der Waals surface area (Å²) in [7, 11) is 1.65. The molecule has 0 saturated carbocycles. The minimum absolute atomic E-state index is 0.523. The second kappa shape index (κ2) is 4.61. The Morgan fingerprint density at radius 1 is 1.44 bits per heavy atom. The summed E-state index contributed by atoms with van der Waals surface area (Å²) in [6, 6.07) is 5.87. The standard InChI is InChI=1S/C14H16O3S/c1-14(2,13(15)16)7-9-8-18-12-10(9)5-4-6-11(12)17-3/h4-6,8H,7H2,1-3H3,(H,15,16). The molecule has 3 nitrogen and oxygen atoms in total. The number of carboxylic acids is 1. The van der Waals surface area contributed by atoms with Crippen LogP contribution in [0.25, 0.3) is 10.1 Å². The number of fused-ring (bicyclic) bond motifs is 1. The molecule has 0 radical (unpaired) electrons. The van der Waals surface area contributed by atoms with Gasteiger partial charge in [0.25, 0.3) is 0 Å². The number of rotatable bonds is 4. The van der Waals surface area contributed by atoms with Crippen molar-refractivity contribution in [1.82, 2.24) is 0 Å². The zero-order valence-corrected chi connectivity index (χ0v) is 11.5. The predicted molar refractivity (Wildman–Crippen MR) is 73.5 cm³/mol. The van der Waals surface area contributed by atoms with Crippen LogP contribution in [0.2, 0.25) is 0 Å². The van der Waals surface area contributed by atoms with Crippen LogP contribution in [0.3, 0.4) is 0 Å². The monoisotopic (exact) mass is 264 g/mol. The van der Waals surface area contributed by atoms with E-state index in [-0.39, 0.29) is 0 Å². The van der Waals surface area contributed by atoms with E-state index in [2.05, 4.69) is 0 Å². The Labute approximate surface area is 110 Å². The number of carboxylic acid groups (broad SMARTS) is 1. The van der Waals surface area contributed by atoms with E-state index in [1.807, 2.05) is 23.6 Å². The lowest BCUT2D eigenvalue weighted by Crippen LogP contribution is -2.25. The van der Waals surface area contributed by atoms with Crippen molar-refractivity contribution in [2.45, 2.75) is 20.3 Å². The fourth-order valence-electron chi connectivity index (χ4n) is 1.93. The summed E-state index contributed by atoms with van der Waals surface area (Å²) in [6.45, 7) is 3.50. The van der Waals surface area contributed by atoms with Crippen LogP contribution >= 0.6 is 11.3 Å². The third-order valence-corrected chi connectivity index (χ3v) is 4.13. The highest BCUT2D eigenvalue weighted by Crippen LogP contribution is 2.36. The number of carbonyl (C=O) groups is 1. The Morgan fingerprint density at radius 2 is 2.17 bits per heavy atom. The molecule has 4 heteroatoms. The Bertz CT molecular complexity index is 584. The van der Waals surface area contributed by atoms with Crippen LogP contribution in [-0.4, -0.2) is 18.2 Å². The average molecular weight is 264 g/mol. The first-order valence-corrected chi connectivity index (χ1v) is 6.60. The van der Waals surface area contributed by atoms with Gasteiger partial charge in [-0.15, -0.1) is 11.3 Å². The molecular formula is C14H16O3S. The van der Waals surface area contributed by atoms with Crippen LogP contribution in [0.4, 0.5) is 0 Å². The van der Waals surface area contributed by atoms with Gasteiger partial charge >= 0.3 is 5.97 Å². The van der Waals surface area contributed by atoms with E-state index < -0.39 is 11.4 Å². The van der Waals surface area contributed by atoms with Crippen molar-refractivity contribution in [3.8, 4) is 5.75 Å². The van der Waals surface area contributed by atoms with Gasteiger partial charge in [0.05, 0.1) is 17.2 Å². The lowest BCUT2D eigenvalue weighted by Gasteiger charge is -2.18. The Hall–Kier alpha value is -1.55. The van der Waals surface area contributed by atoms with Crippen LogP contribution in [0.5, 0.6) is 5.75 Å². The molecular weight excluding hydrogens is 248 g/mol. The van der Waals surface area contributed by atoms with Gasteiger partial charge in [0, 0.05) is 0 Å². The first kappa shape index (κ1) is 12.9. The van der Waals surface area contributed by atoms with Gasteiger partial charge in [0.1, 0.15) is 5.75 Å². The molecule has 0 spiro atoms. The van der Waals surface area contributed by atoms with E-state index in [4.69, 9.17) is 4.74 Å². The maximum atomic E-state index is 11.2. The van der Waals surface area contributed by atoms with E-state index in [1.54, 1.807) is 32.3 Å². The van der Waals surface area contributed by atoms with Crippen molar-refractivity contribution >= 4 is 27.4 Å². The van der Waals surface area contributed by atoms with Crippen molar-refractivity contribution in [2.24, 2.45) is 5.41 Å². The first-order valence-electron chi connectivity index (χ1n) is 5.72. The van der Waals surface area contributed by atoms with Crippen molar-refractivity contribution in [1.29, 1.82) is 0 Å². The first-order chi connectivity index (χ1) is 8.45. The zero-order chi connectivity index (χ0) is 13.3. The Balaban J connectivity index is 2.45. The lowest BCUT2D eigenvalue weighted by atomic mass is 9.86. The van der Waals surface area contributed by atoms with Gasteiger partial charge in [-0.1, -0.05) is 12.1 Å². The van der Waals surface area contributed by atoms with Crippen molar-refractivity contribution in [3.05, 3.63) is 29.1 Å². The maximum absolute atomic E-state index is 11.2. The third kappa shape index (κ3) is 2.20. The Morgan fingerprint density at radius 3 is 2.78 bits per heavy atom. The molecule has 0 atom stereocenters. The topological polar surface area (TPSA) is 46.5 Å². The summed E-state index contributed by atoms with van der Waals surface area (Å²) >= 11 is 1.60. The molecule has 18 heavy (non-hydrogen) atoms. The summed E-state index contributed by atoms with van der Waals surface area (Å²) in [5.41, 5.74) is 0.318. The molecule has 96 valence electrons. The highest BCUT2D eigenvalue weighted by Gasteiger charge is 2.28. The number of ether oxygens (including phenoxy) is 1. The van der Waals surface area contributed by atoms with E-state index in [9.17, 15) is 9.90 Å². The Kier molecular flexibility index (Phi) is 3.30. The number of hydrogen-bond acceptors (Lipinski definition) is 3. The minimum atomic E-state index is -0.773. The van der Waals surface area contributed by atoms with Crippen LogP contribution in [0.1, 0.15) is 19.4 Å². The van der Waals surface area contributed by atoms with E-state index in [1.165, 1.54) is 0 Å². The molecule has 0 aliphatic heterocycles. The number of methoxy groups -OCH3 is 1. The summed E-state index contributed by atoms with van der Waals surface area (Å²) in [5.74, 6) is 0.0710. The summed E-state index contributed by atoms with van der Waals surface area (Å²) < 4.78 is 6.39. The molecule has 0 unspecified atom stereocenters. The van der Waals surface area contributed by atoms with E-state index >= 15 is 0 Å². The number of hydrogen-bond donors (Lipinski definition) is 1. The second-order valence-electron chi connectivity index (χ2n) is 4.96. The van der Waals surface area contributed by atoms with Crippen LogP contribution < -0.4 is 4.74 Å². The summed E-state index contributed by atoms with van der Waals surface area (Å²) in [6.07, 6.45) is 0.523. The average Bonchev–Trinajstić information content (AvgIpc) is 2.71. The molecule has 1 aromatic heterocycles. The van der Waals surface area contributed by atoms with Gasteiger partial charge in [-0.05, 0) is 42.7 Å². The van der Waals surface area contributed by atoms with E-state index in [0.717, 1.165) is 21.4 Å². The molecule has 1 heterocycles. The molecule has 2 aromatic rings. The van der Waals surface area contributed by atoms with Crippen molar-refractivity contribution in [2.75, 3.05) is 7.11 Å². The van der Waals surface area contributed by atoms with Gasteiger partial charge in [0.15, 0.2) is 0 Å². The van der Waals surface area contributed by atoms with Crippen LogP contribution in [0.15, 0.2) is 23.6 Å². The van der Waals surface area contributed by atoms with Crippen LogP contribution in [0, 0.1) is 5.41 Å². The van der Waals surface area contributed by atoms with E-state index in [0.29, 0.717) is 6.42 Å². The highest BCUT2D eigenvalue weighted by atomic mass is 32.1. The fourth-order valence-corrected chi connectivity index (χ4v) is 3.00. The SMILES string of the molecule is COc1cccc2c(CC(C)(C)C(=O)O)csc12. The van der Waals surface area contributed by atoms with Crippen LogP contribution in [-0.2, 0) is 11.2 Å². The summed E-state index contributed by atoms with van der Waals surface area (Å²) in [4.78, 5) is 11.2. The van der Waals surface area contributed by atoms with Gasteiger partial charge in [-0.25, -0.2) is 0 Å². The number of benzene rings is 1. The fraction of sp³-hybridized carbons (Fsp3) is 0.357. The van der Waals surface area contributed by atoms with Gasteiger partial charge in [-0.3, -0.25) is 4.79 Å². The molecule has 2 rings (SSSR count). The van der Waals surface area contributed by atoms with Gasteiger partial charge in [0.2, 0.25) is 0 Å². The third-order valence-electron chi connectivity index (χ3n) is 3.08. The van der Waals surface area contributed by atoms with Gasteiger partial charge in [-0.2, -0.15) is 0 Å². The molecule has 0 amide bonds. The molecule has 0 aliphatic carbocycles. The highest BCUT2D eigenvalue weighted by molar-refractivity contribution is 7.17. The second-order valence-corrected chi connectivity index (χ2v) is 5.84. The number of thiophene rings is 1. The van der Waals surface area contributed by atoms with Crippen molar-refractivity contribution < 1.29 is 14.6 Å². The zero-order valence-electron chi connectivity index (χ0n) is 10.7. The minimum Gasteiger partial charge on any atom is -0.495 e. The number of aliphatic carboxylic acids is 1. The van der Waals surface area contributed by atoms with Crippen molar-refractivity contribution in [3.63, 3.8) is 0 Å². The molecule has 0 fully saturated rings. The molecule has 1 aromatic carbocycles. The van der Waals surface area contributed by atoms with Gasteiger partial charge < -0.3 is 9.84 Å².